The van der Waals surface area contributed by atoms with Gasteiger partial charge < -0.3 is 0 Å². The minimum Gasteiger partial charge on any atom is -0.249 e. The lowest BCUT2D eigenvalue weighted by molar-refractivity contribution is 0.691. The Bertz CT molecular complexity index is 470. The van der Waals surface area contributed by atoms with E-state index in [0.717, 1.165) is 11.5 Å². The van der Waals surface area contributed by atoms with Crippen LogP contribution in [0.1, 0.15) is 11.5 Å². The van der Waals surface area contributed by atoms with Crippen molar-refractivity contribution in [3.63, 3.8) is 0 Å². The average Bonchev–Trinajstić information content (AvgIpc) is 2.60. The second-order valence-electron chi connectivity index (χ2n) is 3.08. The summed E-state index contributed by atoms with van der Waals surface area (Å²) >= 11 is 6.09. The third-order valence-electron chi connectivity index (χ3n) is 1.94. The second-order valence-corrected chi connectivity index (χ2v) is 3.46. The van der Waals surface area contributed by atoms with Crippen molar-refractivity contribution in [1.29, 1.82) is 0 Å². The molecule has 0 amide bonds. The van der Waals surface area contributed by atoms with Crippen LogP contribution >= 0.6 is 11.6 Å². The molecule has 5 nitrogen and oxygen atoms in total. The van der Waals surface area contributed by atoms with Gasteiger partial charge in [0.1, 0.15) is 17.2 Å². The molecule has 0 aliphatic carbocycles. The molecular weight excluding hydrogens is 202 g/mol. The summed E-state index contributed by atoms with van der Waals surface area (Å²) < 4.78 is 3.31. The van der Waals surface area contributed by atoms with E-state index in [1.165, 1.54) is 0 Å². The van der Waals surface area contributed by atoms with Crippen molar-refractivity contribution < 1.29 is 0 Å². The molecule has 6 heteroatoms. The van der Waals surface area contributed by atoms with Crippen LogP contribution in [-0.2, 0) is 7.05 Å². The van der Waals surface area contributed by atoms with Crippen LogP contribution in [-0.4, -0.2) is 24.5 Å². The molecule has 2 aromatic heterocycles. The highest BCUT2D eigenvalue weighted by molar-refractivity contribution is 6.32. The zero-order valence-electron chi connectivity index (χ0n) is 8.19. The van der Waals surface area contributed by atoms with Crippen LogP contribution in [0.2, 0.25) is 5.02 Å². The number of nitrogens with zero attached hydrogens (tertiary/aromatic N) is 5. The number of rotatable bonds is 1. The Morgan fingerprint density at radius 1 is 1.29 bits per heavy atom. The summed E-state index contributed by atoms with van der Waals surface area (Å²) in [5.41, 5.74) is 0.789. The van der Waals surface area contributed by atoms with Crippen molar-refractivity contribution in [1.82, 2.24) is 24.5 Å². The van der Waals surface area contributed by atoms with Gasteiger partial charge in [0.15, 0.2) is 5.82 Å². The third kappa shape index (κ3) is 1.29. The standard InChI is InChI=1S/C8H10ClN5/c1-5-7(9)8(13(3)11-5)14-4-10-6(2)12-14/h4H,1-3H3. The highest BCUT2D eigenvalue weighted by atomic mass is 35.5. The molecule has 0 saturated heterocycles. The van der Waals surface area contributed by atoms with Crippen molar-refractivity contribution in [2.75, 3.05) is 0 Å². The van der Waals surface area contributed by atoms with Gasteiger partial charge in [0, 0.05) is 7.05 Å². The lowest BCUT2D eigenvalue weighted by Gasteiger charge is -2.00. The van der Waals surface area contributed by atoms with E-state index in [1.54, 1.807) is 15.7 Å². The molecule has 0 fully saturated rings. The van der Waals surface area contributed by atoms with Crippen LogP contribution in [0.15, 0.2) is 6.33 Å². The maximum atomic E-state index is 6.09. The van der Waals surface area contributed by atoms with Gasteiger partial charge in [-0.25, -0.2) is 14.3 Å². The maximum Gasteiger partial charge on any atom is 0.172 e. The number of hydrogen-bond acceptors (Lipinski definition) is 3. The van der Waals surface area contributed by atoms with Crippen molar-refractivity contribution >= 4 is 11.6 Å². The quantitative estimate of drug-likeness (QED) is 0.714. The Morgan fingerprint density at radius 3 is 2.43 bits per heavy atom. The van der Waals surface area contributed by atoms with Crippen LogP contribution in [0.25, 0.3) is 5.82 Å². The SMILES string of the molecule is Cc1ncn(-c2c(Cl)c(C)nn2C)n1. The van der Waals surface area contributed by atoms with Crippen molar-refractivity contribution in [2.45, 2.75) is 13.8 Å². The molecule has 0 spiro atoms. The van der Waals surface area contributed by atoms with Crippen molar-refractivity contribution in [3.05, 3.63) is 22.9 Å². The average molecular weight is 212 g/mol. The Labute approximate surface area is 86.3 Å². The second kappa shape index (κ2) is 3.09. The molecule has 2 heterocycles. The summed E-state index contributed by atoms with van der Waals surface area (Å²) in [7, 11) is 1.82. The number of aryl methyl sites for hydroxylation is 3. The first kappa shape index (κ1) is 9.21. The topological polar surface area (TPSA) is 48.5 Å². The summed E-state index contributed by atoms with van der Waals surface area (Å²) in [5.74, 6) is 1.45. The van der Waals surface area contributed by atoms with Gasteiger partial charge in [0.2, 0.25) is 0 Å². The number of aromatic nitrogens is 5. The Hall–Kier alpha value is -1.36. The van der Waals surface area contributed by atoms with E-state index in [9.17, 15) is 0 Å². The van der Waals surface area contributed by atoms with E-state index in [1.807, 2.05) is 20.9 Å². The molecule has 0 atom stereocenters. The van der Waals surface area contributed by atoms with Crippen LogP contribution in [0.3, 0.4) is 0 Å². The van der Waals surface area contributed by atoms with Gasteiger partial charge in [0.25, 0.3) is 0 Å². The highest BCUT2D eigenvalue weighted by Gasteiger charge is 2.13. The molecule has 2 aromatic rings. The highest BCUT2D eigenvalue weighted by Crippen LogP contribution is 2.22. The van der Waals surface area contributed by atoms with E-state index in [2.05, 4.69) is 15.2 Å². The van der Waals surface area contributed by atoms with E-state index < -0.39 is 0 Å². The van der Waals surface area contributed by atoms with Gasteiger partial charge in [-0.2, -0.15) is 10.2 Å². The number of halogens is 1. The van der Waals surface area contributed by atoms with E-state index in [-0.39, 0.29) is 0 Å². The zero-order chi connectivity index (χ0) is 10.3. The third-order valence-corrected chi connectivity index (χ3v) is 2.39. The van der Waals surface area contributed by atoms with Crippen molar-refractivity contribution in [3.8, 4) is 5.82 Å². The molecule has 0 bridgehead atoms. The normalized spacial score (nSPS) is 10.9. The summed E-state index contributed by atoms with van der Waals surface area (Å²) in [6.45, 7) is 3.68. The smallest absolute Gasteiger partial charge is 0.172 e. The Kier molecular flexibility index (Phi) is 2.03. The van der Waals surface area contributed by atoms with E-state index in [4.69, 9.17) is 11.6 Å². The molecule has 0 unspecified atom stereocenters. The molecule has 0 N–H and O–H groups in total. The monoisotopic (exact) mass is 211 g/mol. The maximum absolute atomic E-state index is 6.09. The van der Waals surface area contributed by atoms with E-state index in [0.29, 0.717) is 10.8 Å². The van der Waals surface area contributed by atoms with Crippen LogP contribution in [0.5, 0.6) is 0 Å². The first-order chi connectivity index (χ1) is 6.59. The van der Waals surface area contributed by atoms with Crippen molar-refractivity contribution in [2.24, 2.45) is 7.05 Å². The Morgan fingerprint density at radius 2 is 2.00 bits per heavy atom. The van der Waals surface area contributed by atoms with Crippen LogP contribution in [0.4, 0.5) is 0 Å². The van der Waals surface area contributed by atoms with Crippen LogP contribution in [0, 0.1) is 13.8 Å². The molecule has 0 saturated carbocycles. The molecule has 0 aliphatic heterocycles. The first-order valence-corrected chi connectivity index (χ1v) is 4.55. The zero-order valence-corrected chi connectivity index (χ0v) is 8.95. The van der Waals surface area contributed by atoms with Gasteiger partial charge in [-0.1, -0.05) is 11.6 Å². The lowest BCUT2D eigenvalue weighted by Crippen LogP contribution is -2.03. The van der Waals surface area contributed by atoms with E-state index >= 15 is 0 Å². The molecule has 0 radical (unpaired) electrons. The van der Waals surface area contributed by atoms with Gasteiger partial charge in [0.05, 0.1) is 5.69 Å². The van der Waals surface area contributed by atoms with Gasteiger partial charge in [-0.15, -0.1) is 0 Å². The molecule has 0 aliphatic rings. The number of hydrogen-bond donors (Lipinski definition) is 0. The van der Waals surface area contributed by atoms with Gasteiger partial charge in [-0.05, 0) is 13.8 Å². The fraction of sp³-hybridized carbons (Fsp3) is 0.375. The Balaban J connectivity index is 2.61. The molecule has 14 heavy (non-hydrogen) atoms. The summed E-state index contributed by atoms with van der Waals surface area (Å²) in [5, 5.41) is 8.98. The fourth-order valence-corrected chi connectivity index (χ4v) is 1.56. The molecule has 0 aromatic carbocycles. The van der Waals surface area contributed by atoms with Crippen LogP contribution < -0.4 is 0 Å². The molecule has 74 valence electrons. The first-order valence-electron chi connectivity index (χ1n) is 4.17. The minimum atomic E-state index is 0.609. The van der Waals surface area contributed by atoms with Gasteiger partial charge in [-0.3, -0.25) is 0 Å². The summed E-state index contributed by atoms with van der Waals surface area (Å²) in [6.07, 6.45) is 1.62. The van der Waals surface area contributed by atoms with Gasteiger partial charge >= 0.3 is 0 Å². The predicted octanol–water partition coefficient (Wildman–Crippen LogP) is 1.27. The lowest BCUT2D eigenvalue weighted by atomic mass is 10.5. The minimum absolute atomic E-state index is 0.609. The largest absolute Gasteiger partial charge is 0.249 e. The fourth-order valence-electron chi connectivity index (χ4n) is 1.32. The summed E-state index contributed by atoms with van der Waals surface area (Å²) in [6, 6.07) is 0. The molecule has 2 rings (SSSR count). The summed E-state index contributed by atoms with van der Waals surface area (Å²) in [4.78, 5) is 4.04. The predicted molar refractivity (Wildman–Crippen MR) is 52.6 cm³/mol. The molecular formula is C8H10ClN5.